The number of pyridine rings is 1. The first-order chi connectivity index (χ1) is 18.0. The maximum Gasteiger partial charge on any atom is 0.325 e. The number of amides is 3. The largest absolute Gasteiger partial charge is 0.464 e. The van der Waals surface area contributed by atoms with Crippen LogP contribution in [0, 0.1) is 5.92 Å². The molecular formula is C27H42N6O4. The monoisotopic (exact) mass is 514 g/mol. The first-order valence-corrected chi connectivity index (χ1v) is 13.9. The van der Waals surface area contributed by atoms with Gasteiger partial charge in [-0.15, -0.1) is 0 Å². The lowest BCUT2D eigenvalue weighted by atomic mass is 9.92. The van der Waals surface area contributed by atoms with Crippen molar-refractivity contribution in [2.24, 2.45) is 5.92 Å². The summed E-state index contributed by atoms with van der Waals surface area (Å²) in [5, 5.41) is 2.69. The number of hydrogen-bond donors (Lipinski definition) is 1. The molecule has 1 aromatic heterocycles. The van der Waals surface area contributed by atoms with Gasteiger partial charge in [-0.2, -0.15) is 0 Å². The molecule has 0 aromatic carbocycles. The Morgan fingerprint density at radius 2 is 1.78 bits per heavy atom. The third-order valence-corrected chi connectivity index (χ3v) is 7.78. The van der Waals surface area contributed by atoms with Crippen LogP contribution in [0.5, 0.6) is 0 Å². The fourth-order valence-corrected chi connectivity index (χ4v) is 5.57. The van der Waals surface area contributed by atoms with Crippen LogP contribution in [0.3, 0.4) is 0 Å². The number of hydrogen-bond acceptors (Lipinski definition) is 7. The Morgan fingerprint density at radius 3 is 2.49 bits per heavy atom. The van der Waals surface area contributed by atoms with Crippen LogP contribution in [-0.4, -0.2) is 109 Å². The van der Waals surface area contributed by atoms with Crippen molar-refractivity contribution in [3.05, 3.63) is 24.4 Å². The highest BCUT2D eigenvalue weighted by atomic mass is 16.5. The van der Waals surface area contributed by atoms with Gasteiger partial charge in [0.05, 0.1) is 12.5 Å². The number of unbranched alkanes of at least 4 members (excludes halogenated alkanes) is 1. The smallest absolute Gasteiger partial charge is 0.325 e. The van der Waals surface area contributed by atoms with E-state index in [0.29, 0.717) is 25.7 Å². The topological polar surface area (TPSA) is 98.3 Å². The molecule has 3 aliphatic rings. The molecule has 4 rings (SSSR count). The van der Waals surface area contributed by atoms with Gasteiger partial charge >= 0.3 is 12.0 Å². The predicted molar refractivity (Wildman–Crippen MR) is 141 cm³/mol. The Balaban J connectivity index is 1.17. The van der Waals surface area contributed by atoms with Crippen LogP contribution in [0.2, 0.25) is 0 Å². The fourth-order valence-electron chi connectivity index (χ4n) is 5.57. The molecule has 3 fully saturated rings. The highest BCUT2D eigenvalue weighted by Gasteiger charge is 2.35. The van der Waals surface area contributed by atoms with Gasteiger partial charge < -0.3 is 24.8 Å². The zero-order valence-corrected chi connectivity index (χ0v) is 22.1. The highest BCUT2D eigenvalue weighted by Crippen LogP contribution is 2.26. The molecule has 1 aromatic rings. The molecule has 1 atom stereocenters. The number of aromatic nitrogens is 1. The summed E-state index contributed by atoms with van der Waals surface area (Å²) in [4.78, 5) is 50.5. The normalized spacial score (nSPS) is 21.5. The molecular weight excluding hydrogens is 472 g/mol. The van der Waals surface area contributed by atoms with E-state index in [9.17, 15) is 14.4 Å². The molecule has 3 saturated heterocycles. The molecule has 3 amide bonds. The lowest BCUT2D eigenvalue weighted by Gasteiger charge is -2.43. The SMILES string of the molecule is CCCCOC(=O)CNC(=O)N1CCC(N2CCCC(C(=O)N3CCN(c4ccccn4)CC3)C2)CC1. The summed E-state index contributed by atoms with van der Waals surface area (Å²) in [5.41, 5.74) is 0. The molecule has 0 aliphatic carbocycles. The molecule has 1 N–H and O–H groups in total. The van der Waals surface area contributed by atoms with Crippen molar-refractivity contribution in [2.45, 2.75) is 51.5 Å². The number of piperidine rings is 2. The first kappa shape index (κ1) is 27.2. The van der Waals surface area contributed by atoms with E-state index in [-0.39, 0.29) is 30.4 Å². The van der Waals surface area contributed by atoms with Gasteiger partial charge in [-0.25, -0.2) is 9.78 Å². The summed E-state index contributed by atoms with van der Waals surface area (Å²) in [6.07, 6.45) is 7.36. The number of likely N-dealkylation sites (tertiary alicyclic amines) is 2. The van der Waals surface area contributed by atoms with E-state index in [0.717, 1.165) is 83.6 Å². The maximum absolute atomic E-state index is 13.3. The van der Waals surface area contributed by atoms with Gasteiger partial charge in [0.15, 0.2) is 0 Å². The van der Waals surface area contributed by atoms with Crippen molar-refractivity contribution >= 4 is 23.7 Å². The van der Waals surface area contributed by atoms with Gasteiger partial charge in [0.2, 0.25) is 5.91 Å². The minimum Gasteiger partial charge on any atom is -0.464 e. The van der Waals surface area contributed by atoms with Gasteiger partial charge in [-0.05, 0) is 50.8 Å². The maximum atomic E-state index is 13.3. The summed E-state index contributed by atoms with van der Waals surface area (Å²) in [6.45, 7) is 8.60. The van der Waals surface area contributed by atoms with Crippen molar-refractivity contribution in [1.29, 1.82) is 0 Å². The summed E-state index contributed by atoms with van der Waals surface area (Å²) >= 11 is 0. The third-order valence-electron chi connectivity index (χ3n) is 7.78. The fraction of sp³-hybridized carbons (Fsp3) is 0.704. The number of nitrogens with zero attached hydrogens (tertiary/aromatic N) is 5. The lowest BCUT2D eigenvalue weighted by molar-refractivity contribution is -0.142. The van der Waals surface area contributed by atoms with E-state index < -0.39 is 0 Å². The second-order valence-electron chi connectivity index (χ2n) is 10.3. The molecule has 4 heterocycles. The minimum atomic E-state index is -0.390. The number of carbonyl (C=O) groups is 3. The highest BCUT2D eigenvalue weighted by molar-refractivity contribution is 5.81. The Morgan fingerprint density at radius 1 is 1.00 bits per heavy atom. The number of anilines is 1. The molecule has 37 heavy (non-hydrogen) atoms. The van der Waals surface area contributed by atoms with Crippen LogP contribution in [0.1, 0.15) is 45.4 Å². The zero-order valence-electron chi connectivity index (χ0n) is 22.1. The second kappa shape index (κ2) is 13.6. The third kappa shape index (κ3) is 7.56. The van der Waals surface area contributed by atoms with Crippen molar-refractivity contribution in [3.8, 4) is 0 Å². The number of urea groups is 1. The van der Waals surface area contributed by atoms with Gasteiger partial charge in [0.25, 0.3) is 0 Å². The molecule has 3 aliphatic heterocycles. The number of rotatable bonds is 8. The van der Waals surface area contributed by atoms with Gasteiger partial charge in [0.1, 0.15) is 12.4 Å². The Labute approximate surface area is 220 Å². The predicted octanol–water partition coefficient (Wildman–Crippen LogP) is 1.96. The Bertz CT molecular complexity index is 884. The average molecular weight is 515 g/mol. The molecule has 0 saturated carbocycles. The Kier molecular flexibility index (Phi) is 9.99. The average Bonchev–Trinajstić information content (AvgIpc) is 2.96. The van der Waals surface area contributed by atoms with Crippen LogP contribution >= 0.6 is 0 Å². The van der Waals surface area contributed by atoms with E-state index in [2.05, 4.69) is 20.1 Å². The van der Waals surface area contributed by atoms with Crippen molar-refractivity contribution in [1.82, 2.24) is 25.0 Å². The van der Waals surface area contributed by atoms with E-state index in [4.69, 9.17) is 4.74 Å². The molecule has 10 heteroatoms. The quantitative estimate of drug-likeness (QED) is 0.418. The van der Waals surface area contributed by atoms with E-state index in [1.165, 1.54) is 0 Å². The van der Waals surface area contributed by atoms with E-state index in [1.54, 1.807) is 4.90 Å². The number of esters is 1. The van der Waals surface area contributed by atoms with Crippen LogP contribution in [0.15, 0.2) is 24.4 Å². The molecule has 0 radical (unpaired) electrons. The Hall–Kier alpha value is -2.88. The number of ether oxygens (including phenoxy) is 1. The summed E-state index contributed by atoms with van der Waals surface area (Å²) in [7, 11) is 0. The molecule has 0 spiro atoms. The molecule has 204 valence electrons. The second-order valence-corrected chi connectivity index (χ2v) is 10.3. The van der Waals surface area contributed by atoms with E-state index >= 15 is 0 Å². The molecule has 10 nitrogen and oxygen atoms in total. The van der Waals surface area contributed by atoms with Crippen molar-refractivity contribution in [3.63, 3.8) is 0 Å². The van der Waals surface area contributed by atoms with Crippen LogP contribution in [-0.2, 0) is 14.3 Å². The minimum absolute atomic E-state index is 0.0511. The number of carbonyl (C=O) groups excluding carboxylic acids is 3. The first-order valence-electron chi connectivity index (χ1n) is 13.9. The molecule has 1 unspecified atom stereocenters. The zero-order chi connectivity index (χ0) is 26.0. The van der Waals surface area contributed by atoms with Crippen molar-refractivity contribution < 1.29 is 19.1 Å². The lowest BCUT2D eigenvalue weighted by Crippen LogP contribution is -2.55. The number of piperazine rings is 1. The summed E-state index contributed by atoms with van der Waals surface area (Å²) < 4.78 is 5.10. The van der Waals surface area contributed by atoms with Crippen LogP contribution in [0.4, 0.5) is 10.6 Å². The van der Waals surface area contributed by atoms with E-state index in [1.807, 2.05) is 36.2 Å². The summed E-state index contributed by atoms with van der Waals surface area (Å²) in [5.74, 6) is 0.924. The van der Waals surface area contributed by atoms with Gasteiger partial charge in [-0.3, -0.25) is 14.5 Å². The van der Waals surface area contributed by atoms with Crippen molar-refractivity contribution in [2.75, 3.05) is 70.4 Å². The van der Waals surface area contributed by atoms with Crippen LogP contribution in [0.25, 0.3) is 0 Å². The van der Waals surface area contributed by atoms with Crippen LogP contribution < -0.4 is 10.2 Å². The number of nitrogens with one attached hydrogen (secondary N) is 1. The van der Waals surface area contributed by atoms with Gasteiger partial charge in [0, 0.05) is 58.1 Å². The van der Waals surface area contributed by atoms with Gasteiger partial charge in [-0.1, -0.05) is 19.4 Å². The summed E-state index contributed by atoms with van der Waals surface area (Å²) in [6, 6.07) is 6.12. The molecule has 0 bridgehead atoms. The standard InChI is InChI=1S/C27H42N6O4/c1-2-3-19-37-25(34)20-29-27(36)32-13-9-23(10-14-32)33-12-6-7-22(21-33)26(35)31-17-15-30(16-18-31)24-8-4-5-11-28-24/h4-5,8,11,22-23H,2-3,6-7,9-10,12-21H2,1H3,(H,29,36).